The van der Waals surface area contributed by atoms with Crippen LogP contribution >= 0.6 is 23.2 Å². The van der Waals surface area contributed by atoms with Gasteiger partial charge in [0.2, 0.25) is 0 Å². The molecule has 0 bridgehead atoms. The fourth-order valence-corrected chi connectivity index (χ4v) is 2.62. The first-order chi connectivity index (χ1) is 9.56. The predicted octanol–water partition coefficient (Wildman–Crippen LogP) is 2.92. The third-order valence-corrected chi connectivity index (χ3v) is 3.91. The van der Waals surface area contributed by atoms with Gasteiger partial charge in [-0.3, -0.25) is 14.3 Å². The molecule has 1 aromatic carbocycles. The smallest absolute Gasteiger partial charge is 0.297 e. The summed E-state index contributed by atoms with van der Waals surface area (Å²) in [6.45, 7) is 0.443. The number of hydrogen-bond donors (Lipinski definition) is 1. The molecule has 1 saturated carbocycles. The Hall–Kier alpha value is -1.52. The normalized spacial score (nSPS) is 14.5. The molecule has 6 heteroatoms. The van der Waals surface area contributed by atoms with Gasteiger partial charge in [-0.15, -0.1) is 0 Å². The molecule has 1 N–H and O–H groups in total. The Morgan fingerprint density at radius 1 is 1.25 bits per heavy atom. The number of hydrogen-bond acceptors (Lipinski definition) is 2. The molecular weight excluding hydrogens is 299 g/mol. The highest BCUT2D eigenvalue weighted by atomic mass is 35.5. The van der Waals surface area contributed by atoms with E-state index in [1.54, 1.807) is 24.3 Å². The first-order valence-corrected chi connectivity index (χ1v) is 7.10. The Balaban J connectivity index is 2.19. The summed E-state index contributed by atoms with van der Waals surface area (Å²) in [7, 11) is 0. The van der Waals surface area contributed by atoms with Crippen LogP contribution in [0, 0.1) is 5.92 Å². The standard InChI is InChI=1S/C14H12Cl2N2O2/c15-10-3-1-2-9(6-10)11-12(16)17-14(20)18(13(11)19)7-8-4-5-8/h1-3,6,8H,4-5,7H2,(H,17,20). The molecule has 0 aliphatic heterocycles. The van der Waals surface area contributed by atoms with Crippen LogP contribution in [0.15, 0.2) is 33.9 Å². The second-order valence-corrected chi connectivity index (χ2v) is 5.80. The number of aromatic nitrogens is 2. The molecule has 0 radical (unpaired) electrons. The number of nitrogens with one attached hydrogen (secondary N) is 1. The quantitative estimate of drug-likeness (QED) is 0.886. The molecule has 0 atom stereocenters. The zero-order valence-corrected chi connectivity index (χ0v) is 12.0. The van der Waals surface area contributed by atoms with Gasteiger partial charge in [0.05, 0.1) is 5.56 Å². The van der Waals surface area contributed by atoms with E-state index < -0.39 is 5.69 Å². The largest absolute Gasteiger partial charge is 0.329 e. The first-order valence-electron chi connectivity index (χ1n) is 6.35. The van der Waals surface area contributed by atoms with Gasteiger partial charge in [-0.2, -0.15) is 0 Å². The highest BCUT2D eigenvalue weighted by Gasteiger charge is 2.24. The Morgan fingerprint density at radius 2 is 2.00 bits per heavy atom. The first kappa shape index (κ1) is 13.5. The summed E-state index contributed by atoms with van der Waals surface area (Å²) in [4.78, 5) is 26.9. The second kappa shape index (κ2) is 5.11. The van der Waals surface area contributed by atoms with Crippen molar-refractivity contribution in [3.05, 3.63) is 55.3 Å². The fourth-order valence-electron chi connectivity index (χ4n) is 2.16. The number of halogens is 2. The number of aromatic amines is 1. The van der Waals surface area contributed by atoms with Gasteiger partial charge in [-0.05, 0) is 36.5 Å². The zero-order valence-electron chi connectivity index (χ0n) is 10.5. The van der Waals surface area contributed by atoms with Crippen LogP contribution in [-0.4, -0.2) is 9.55 Å². The maximum Gasteiger partial charge on any atom is 0.329 e. The molecule has 20 heavy (non-hydrogen) atoms. The van der Waals surface area contributed by atoms with E-state index in [-0.39, 0.29) is 16.3 Å². The van der Waals surface area contributed by atoms with Crippen LogP contribution in [0.25, 0.3) is 11.1 Å². The van der Waals surface area contributed by atoms with Crippen molar-refractivity contribution in [2.75, 3.05) is 0 Å². The number of H-pyrrole nitrogens is 1. The van der Waals surface area contributed by atoms with E-state index in [9.17, 15) is 9.59 Å². The molecule has 3 rings (SSSR count). The number of benzene rings is 1. The molecule has 1 aliphatic carbocycles. The summed E-state index contributed by atoms with van der Waals surface area (Å²) in [6, 6.07) is 6.86. The lowest BCUT2D eigenvalue weighted by atomic mass is 10.1. The monoisotopic (exact) mass is 310 g/mol. The van der Waals surface area contributed by atoms with Crippen molar-refractivity contribution < 1.29 is 0 Å². The Kier molecular flexibility index (Phi) is 3.44. The topological polar surface area (TPSA) is 54.9 Å². The molecule has 1 heterocycles. The van der Waals surface area contributed by atoms with Crippen LogP contribution in [0.1, 0.15) is 12.8 Å². The third-order valence-electron chi connectivity index (χ3n) is 3.39. The van der Waals surface area contributed by atoms with Gasteiger partial charge in [-0.25, -0.2) is 4.79 Å². The van der Waals surface area contributed by atoms with Crippen molar-refractivity contribution in [2.24, 2.45) is 5.92 Å². The van der Waals surface area contributed by atoms with Crippen LogP contribution in [0.5, 0.6) is 0 Å². The van der Waals surface area contributed by atoms with E-state index in [1.165, 1.54) is 4.57 Å². The van der Waals surface area contributed by atoms with Crippen molar-refractivity contribution in [3.63, 3.8) is 0 Å². The van der Waals surface area contributed by atoms with Crippen LogP contribution in [0.4, 0.5) is 0 Å². The molecule has 0 amide bonds. The van der Waals surface area contributed by atoms with Gasteiger partial charge in [0.25, 0.3) is 5.56 Å². The van der Waals surface area contributed by atoms with Gasteiger partial charge in [0.1, 0.15) is 5.15 Å². The van der Waals surface area contributed by atoms with Gasteiger partial charge in [-0.1, -0.05) is 35.3 Å². The summed E-state index contributed by atoms with van der Waals surface area (Å²) in [5.74, 6) is 0.419. The molecule has 0 spiro atoms. The minimum absolute atomic E-state index is 0.0503. The molecule has 4 nitrogen and oxygen atoms in total. The van der Waals surface area contributed by atoms with E-state index in [0.717, 1.165) is 12.8 Å². The zero-order chi connectivity index (χ0) is 14.3. The number of nitrogens with zero attached hydrogens (tertiary/aromatic N) is 1. The van der Waals surface area contributed by atoms with Crippen LogP contribution in [0.3, 0.4) is 0 Å². The van der Waals surface area contributed by atoms with Crippen molar-refractivity contribution in [3.8, 4) is 11.1 Å². The summed E-state index contributed by atoms with van der Waals surface area (Å²) in [5, 5.41) is 0.562. The molecule has 1 aromatic heterocycles. The van der Waals surface area contributed by atoms with Gasteiger partial charge >= 0.3 is 5.69 Å². The van der Waals surface area contributed by atoms with Gasteiger partial charge < -0.3 is 0 Å². The van der Waals surface area contributed by atoms with E-state index in [0.29, 0.717) is 23.0 Å². The second-order valence-electron chi connectivity index (χ2n) is 4.99. The summed E-state index contributed by atoms with van der Waals surface area (Å²) in [5.41, 5.74) is 0.0632. The minimum Gasteiger partial charge on any atom is -0.297 e. The van der Waals surface area contributed by atoms with E-state index in [2.05, 4.69) is 4.98 Å². The summed E-state index contributed by atoms with van der Waals surface area (Å²) < 4.78 is 1.22. The lowest BCUT2D eigenvalue weighted by Crippen LogP contribution is -2.36. The van der Waals surface area contributed by atoms with Crippen molar-refractivity contribution in [2.45, 2.75) is 19.4 Å². The molecule has 2 aromatic rings. The maximum absolute atomic E-state index is 12.5. The van der Waals surface area contributed by atoms with Crippen LogP contribution < -0.4 is 11.2 Å². The van der Waals surface area contributed by atoms with E-state index >= 15 is 0 Å². The lowest BCUT2D eigenvalue weighted by molar-refractivity contribution is 0.576. The minimum atomic E-state index is -0.460. The lowest BCUT2D eigenvalue weighted by Gasteiger charge is -2.09. The average molecular weight is 311 g/mol. The summed E-state index contributed by atoms with van der Waals surface area (Å²) in [6.07, 6.45) is 2.11. The third kappa shape index (κ3) is 2.53. The SMILES string of the molecule is O=c1[nH]c(Cl)c(-c2cccc(Cl)c2)c(=O)n1CC1CC1. The van der Waals surface area contributed by atoms with Gasteiger partial charge in [0, 0.05) is 11.6 Å². The molecule has 1 aliphatic rings. The summed E-state index contributed by atoms with van der Waals surface area (Å²) >= 11 is 12.0. The predicted molar refractivity (Wildman–Crippen MR) is 79.5 cm³/mol. The van der Waals surface area contributed by atoms with E-state index in [1.807, 2.05) is 0 Å². The van der Waals surface area contributed by atoms with Crippen molar-refractivity contribution >= 4 is 23.2 Å². The highest BCUT2D eigenvalue weighted by Crippen LogP contribution is 2.30. The Bertz CT molecular complexity index is 775. The molecule has 104 valence electrons. The molecular formula is C14H12Cl2N2O2. The van der Waals surface area contributed by atoms with Crippen molar-refractivity contribution in [1.29, 1.82) is 0 Å². The highest BCUT2D eigenvalue weighted by molar-refractivity contribution is 6.32. The van der Waals surface area contributed by atoms with Gasteiger partial charge in [0.15, 0.2) is 0 Å². The fraction of sp³-hybridized carbons (Fsp3) is 0.286. The number of rotatable bonds is 3. The van der Waals surface area contributed by atoms with E-state index in [4.69, 9.17) is 23.2 Å². The molecule has 0 unspecified atom stereocenters. The van der Waals surface area contributed by atoms with Crippen LogP contribution in [0.2, 0.25) is 10.2 Å². The molecule has 1 fully saturated rings. The average Bonchev–Trinajstić information content (AvgIpc) is 3.18. The Labute approximate surface area is 125 Å². The Morgan fingerprint density at radius 3 is 2.65 bits per heavy atom. The maximum atomic E-state index is 12.5. The van der Waals surface area contributed by atoms with Crippen molar-refractivity contribution in [1.82, 2.24) is 9.55 Å². The van der Waals surface area contributed by atoms with Crippen LogP contribution in [-0.2, 0) is 6.54 Å². The molecule has 0 saturated heterocycles.